The van der Waals surface area contributed by atoms with Crippen molar-refractivity contribution in [3.05, 3.63) is 0 Å². The third-order valence-corrected chi connectivity index (χ3v) is 11.0. The summed E-state index contributed by atoms with van der Waals surface area (Å²) in [5, 5.41) is 9.29. The fraction of sp³-hybridized carbons (Fsp3) is 1.00. The lowest BCUT2D eigenvalue weighted by molar-refractivity contribution is 0.0678. The normalized spacial score (nSPS) is 13.8. The summed E-state index contributed by atoms with van der Waals surface area (Å²) in [5.74, 6) is 0. The third-order valence-electron chi connectivity index (χ3n) is 4.50. The minimum absolute atomic E-state index is 0.317. The van der Waals surface area contributed by atoms with Gasteiger partial charge in [-0.1, -0.05) is 38.9 Å². The second-order valence-corrected chi connectivity index (χ2v) is 10.7. The number of hydrogen-bond acceptors (Lipinski definition) is 3. The molecule has 0 aliphatic carbocycles. The lowest BCUT2D eigenvalue weighted by Gasteiger charge is -2.37. The maximum absolute atomic E-state index is 9.29. The van der Waals surface area contributed by atoms with E-state index in [0.29, 0.717) is 25.4 Å². The Labute approximate surface area is 114 Å². The third kappa shape index (κ3) is 5.82. The van der Waals surface area contributed by atoms with Crippen LogP contribution in [-0.2, 0) is 9.47 Å². The minimum atomic E-state index is -1.21. The van der Waals surface area contributed by atoms with Gasteiger partial charge in [-0.05, 0) is 18.4 Å². The SMILES string of the molecule is CC[Si](CC)(CC)C(CCO)CCOCCOC. The highest BCUT2D eigenvalue weighted by molar-refractivity contribution is 6.81. The average molecular weight is 276 g/mol. The second kappa shape index (κ2) is 11.0. The molecule has 0 aliphatic heterocycles. The molecule has 0 aromatic carbocycles. The summed E-state index contributed by atoms with van der Waals surface area (Å²) in [7, 11) is 0.488. The molecule has 0 fully saturated rings. The zero-order chi connectivity index (χ0) is 13.9. The molecular weight excluding hydrogens is 244 g/mol. The zero-order valence-corrected chi connectivity index (χ0v) is 13.7. The van der Waals surface area contributed by atoms with Gasteiger partial charge in [0.25, 0.3) is 0 Å². The lowest BCUT2D eigenvalue weighted by atomic mass is 10.2. The van der Waals surface area contributed by atoms with Gasteiger partial charge in [-0.15, -0.1) is 0 Å². The van der Waals surface area contributed by atoms with Crippen LogP contribution in [0.15, 0.2) is 0 Å². The Morgan fingerprint density at radius 3 is 2.00 bits per heavy atom. The minimum Gasteiger partial charge on any atom is -0.396 e. The van der Waals surface area contributed by atoms with Crippen LogP contribution in [0, 0.1) is 0 Å². The molecule has 3 nitrogen and oxygen atoms in total. The molecule has 0 saturated carbocycles. The smallest absolute Gasteiger partial charge is 0.0700 e. The monoisotopic (exact) mass is 276 g/mol. The highest BCUT2D eigenvalue weighted by Crippen LogP contribution is 2.38. The number of ether oxygens (including phenoxy) is 2. The van der Waals surface area contributed by atoms with Crippen LogP contribution in [0.25, 0.3) is 0 Å². The fourth-order valence-corrected chi connectivity index (χ4v) is 7.70. The number of methoxy groups -OCH3 is 1. The molecule has 4 heteroatoms. The Hall–Kier alpha value is 0.0969. The van der Waals surface area contributed by atoms with Crippen molar-refractivity contribution in [2.75, 3.05) is 33.5 Å². The van der Waals surface area contributed by atoms with E-state index in [0.717, 1.165) is 19.4 Å². The molecule has 18 heavy (non-hydrogen) atoms. The first-order valence-corrected chi connectivity index (χ1v) is 10.1. The van der Waals surface area contributed by atoms with E-state index in [1.807, 2.05) is 0 Å². The second-order valence-electron chi connectivity index (χ2n) is 5.03. The van der Waals surface area contributed by atoms with E-state index in [2.05, 4.69) is 20.8 Å². The van der Waals surface area contributed by atoms with Crippen molar-refractivity contribution < 1.29 is 14.6 Å². The molecular formula is C14H32O3Si. The molecule has 0 amide bonds. The van der Waals surface area contributed by atoms with Crippen LogP contribution in [0.5, 0.6) is 0 Å². The van der Waals surface area contributed by atoms with Crippen LogP contribution >= 0.6 is 0 Å². The first-order chi connectivity index (χ1) is 8.70. The topological polar surface area (TPSA) is 38.7 Å². The van der Waals surface area contributed by atoms with Gasteiger partial charge >= 0.3 is 0 Å². The summed E-state index contributed by atoms with van der Waals surface area (Å²) in [5.41, 5.74) is 0.699. The molecule has 0 aliphatic rings. The van der Waals surface area contributed by atoms with Gasteiger partial charge in [0.05, 0.1) is 21.3 Å². The Morgan fingerprint density at radius 2 is 1.56 bits per heavy atom. The van der Waals surface area contributed by atoms with E-state index < -0.39 is 8.07 Å². The molecule has 0 saturated heterocycles. The summed E-state index contributed by atoms with van der Waals surface area (Å²) < 4.78 is 10.6. The fourth-order valence-electron chi connectivity index (χ4n) is 3.00. The van der Waals surface area contributed by atoms with Crippen molar-refractivity contribution in [3.8, 4) is 0 Å². The Bertz CT molecular complexity index is 176. The van der Waals surface area contributed by atoms with Crippen LogP contribution in [0.2, 0.25) is 23.7 Å². The molecule has 0 spiro atoms. The quantitative estimate of drug-likeness (QED) is 0.439. The molecule has 0 aromatic rings. The van der Waals surface area contributed by atoms with Crippen LogP contribution in [-0.4, -0.2) is 46.7 Å². The molecule has 0 rings (SSSR count). The summed E-state index contributed by atoms with van der Waals surface area (Å²) in [6.07, 6.45) is 2.06. The Morgan fingerprint density at radius 1 is 0.944 bits per heavy atom. The van der Waals surface area contributed by atoms with Crippen molar-refractivity contribution in [1.29, 1.82) is 0 Å². The van der Waals surface area contributed by atoms with E-state index in [9.17, 15) is 5.11 Å². The van der Waals surface area contributed by atoms with Crippen molar-refractivity contribution in [1.82, 2.24) is 0 Å². The average Bonchev–Trinajstić information content (AvgIpc) is 2.41. The first kappa shape index (κ1) is 18.1. The highest BCUT2D eigenvalue weighted by atomic mass is 28.3. The number of hydrogen-bond donors (Lipinski definition) is 1. The van der Waals surface area contributed by atoms with Gasteiger partial charge in [0.2, 0.25) is 0 Å². The Kier molecular flexibility index (Phi) is 11.0. The van der Waals surface area contributed by atoms with Crippen LogP contribution < -0.4 is 0 Å². The van der Waals surface area contributed by atoms with Gasteiger partial charge in [0, 0.05) is 20.3 Å². The lowest BCUT2D eigenvalue weighted by Crippen LogP contribution is -2.38. The van der Waals surface area contributed by atoms with Gasteiger partial charge in [-0.25, -0.2) is 0 Å². The summed E-state index contributed by atoms with van der Waals surface area (Å²) in [6.45, 7) is 9.46. The summed E-state index contributed by atoms with van der Waals surface area (Å²) in [4.78, 5) is 0. The standard InChI is InChI=1S/C14H32O3Si/c1-5-18(6-2,7-3)14(8-10-15)9-11-17-13-12-16-4/h14-15H,5-13H2,1-4H3. The zero-order valence-electron chi connectivity index (χ0n) is 12.7. The molecule has 1 unspecified atom stereocenters. The molecule has 1 N–H and O–H groups in total. The maximum atomic E-state index is 9.29. The molecule has 110 valence electrons. The summed E-state index contributed by atoms with van der Waals surface area (Å²) >= 11 is 0. The van der Waals surface area contributed by atoms with E-state index in [1.54, 1.807) is 7.11 Å². The van der Waals surface area contributed by atoms with Gasteiger partial charge in [-0.3, -0.25) is 0 Å². The maximum Gasteiger partial charge on any atom is 0.0700 e. The van der Waals surface area contributed by atoms with Gasteiger partial charge < -0.3 is 14.6 Å². The van der Waals surface area contributed by atoms with E-state index in [1.165, 1.54) is 18.1 Å². The molecule has 0 aromatic heterocycles. The predicted octanol–water partition coefficient (Wildman–Crippen LogP) is 3.30. The number of aliphatic hydroxyl groups is 1. The van der Waals surface area contributed by atoms with Crippen molar-refractivity contribution in [3.63, 3.8) is 0 Å². The first-order valence-electron chi connectivity index (χ1n) is 7.38. The van der Waals surface area contributed by atoms with E-state index in [4.69, 9.17) is 9.47 Å². The number of rotatable bonds is 12. The van der Waals surface area contributed by atoms with Crippen LogP contribution in [0.4, 0.5) is 0 Å². The molecule has 1 atom stereocenters. The van der Waals surface area contributed by atoms with Crippen LogP contribution in [0.3, 0.4) is 0 Å². The number of aliphatic hydroxyl groups excluding tert-OH is 1. The van der Waals surface area contributed by atoms with E-state index in [-0.39, 0.29) is 0 Å². The van der Waals surface area contributed by atoms with Crippen LogP contribution in [0.1, 0.15) is 33.6 Å². The molecule has 0 bridgehead atoms. The van der Waals surface area contributed by atoms with Crippen molar-refractivity contribution in [2.45, 2.75) is 57.3 Å². The summed E-state index contributed by atoms with van der Waals surface area (Å²) in [6, 6.07) is 3.97. The highest BCUT2D eigenvalue weighted by Gasteiger charge is 2.35. The van der Waals surface area contributed by atoms with Gasteiger partial charge in [0.1, 0.15) is 0 Å². The predicted molar refractivity (Wildman–Crippen MR) is 80.0 cm³/mol. The molecule has 0 radical (unpaired) electrons. The van der Waals surface area contributed by atoms with Crippen molar-refractivity contribution >= 4 is 8.07 Å². The van der Waals surface area contributed by atoms with Gasteiger partial charge in [0.15, 0.2) is 0 Å². The largest absolute Gasteiger partial charge is 0.396 e. The Balaban J connectivity index is 4.26. The van der Waals surface area contributed by atoms with E-state index >= 15 is 0 Å². The van der Waals surface area contributed by atoms with Crippen molar-refractivity contribution in [2.24, 2.45) is 0 Å². The van der Waals surface area contributed by atoms with Gasteiger partial charge in [-0.2, -0.15) is 0 Å². The molecule has 0 heterocycles.